The normalized spacial score (nSPS) is 10.1. The number of benzene rings is 1. The lowest BCUT2D eigenvalue weighted by Gasteiger charge is -2.11. The standard InChI is InChI=1S/C13H17NO/c1-4-5-11-6-7-13(15-9-14)12(8-11)10(2)3/h6-8,10H,4-5H2,1-3H3. The zero-order valence-electron chi connectivity index (χ0n) is 9.58. The van der Waals surface area contributed by atoms with Crippen LogP contribution in [0.15, 0.2) is 18.2 Å². The number of hydrogen-bond acceptors (Lipinski definition) is 2. The van der Waals surface area contributed by atoms with Crippen LogP contribution in [0.2, 0.25) is 0 Å². The molecule has 1 aromatic rings. The minimum atomic E-state index is 0.380. The lowest BCUT2D eigenvalue weighted by Crippen LogP contribution is -1.96. The van der Waals surface area contributed by atoms with Crippen LogP contribution in [-0.2, 0) is 6.42 Å². The Balaban J connectivity index is 3.04. The zero-order chi connectivity index (χ0) is 11.3. The van der Waals surface area contributed by atoms with Crippen LogP contribution in [0, 0.1) is 11.5 Å². The van der Waals surface area contributed by atoms with Crippen LogP contribution in [0.5, 0.6) is 5.75 Å². The molecule has 0 heterocycles. The van der Waals surface area contributed by atoms with E-state index in [2.05, 4.69) is 26.8 Å². The summed E-state index contributed by atoms with van der Waals surface area (Å²) >= 11 is 0. The molecular weight excluding hydrogens is 186 g/mol. The minimum Gasteiger partial charge on any atom is -0.388 e. The lowest BCUT2D eigenvalue weighted by atomic mass is 9.98. The van der Waals surface area contributed by atoms with E-state index in [-0.39, 0.29) is 0 Å². The predicted octanol–water partition coefficient (Wildman–Crippen LogP) is 3.62. The Labute approximate surface area is 91.5 Å². The predicted molar refractivity (Wildman–Crippen MR) is 60.8 cm³/mol. The number of rotatable bonds is 4. The van der Waals surface area contributed by atoms with Gasteiger partial charge >= 0.3 is 0 Å². The van der Waals surface area contributed by atoms with Crippen molar-refractivity contribution in [2.24, 2.45) is 0 Å². The van der Waals surface area contributed by atoms with Crippen molar-refractivity contribution in [3.63, 3.8) is 0 Å². The molecule has 0 fully saturated rings. The van der Waals surface area contributed by atoms with Gasteiger partial charge in [0.1, 0.15) is 5.75 Å². The Kier molecular flexibility index (Phi) is 4.17. The second-order valence-corrected chi connectivity index (χ2v) is 3.97. The molecule has 0 aliphatic heterocycles. The van der Waals surface area contributed by atoms with E-state index in [9.17, 15) is 0 Å². The second kappa shape index (κ2) is 5.41. The van der Waals surface area contributed by atoms with Crippen LogP contribution in [0.1, 0.15) is 44.2 Å². The maximum atomic E-state index is 8.53. The Morgan fingerprint density at radius 2 is 2.13 bits per heavy atom. The third-order valence-corrected chi connectivity index (χ3v) is 2.39. The summed E-state index contributed by atoms with van der Waals surface area (Å²) in [6, 6.07) is 6.06. The third kappa shape index (κ3) is 2.99. The molecule has 0 bridgehead atoms. The number of ether oxygens (including phenoxy) is 1. The van der Waals surface area contributed by atoms with Gasteiger partial charge in [0.05, 0.1) is 0 Å². The van der Waals surface area contributed by atoms with Gasteiger partial charge in [0.2, 0.25) is 0 Å². The van der Waals surface area contributed by atoms with E-state index >= 15 is 0 Å². The quantitative estimate of drug-likeness (QED) is 0.700. The van der Waals surface area contributed by atoms with Crippen LogP contribution in [0.4, 0.5) is 0 Å². The maximum absolute atomic E-state index is 8.53. The van der Waals surface area contributed by atoms with Crippen molar-refractivity contribution in [2.75, 3.05) is 0 Å². The first kappa shape index (κ1) is 11.6. The molecular formula is C13H17NO. The molecule has 0 N–H and O–H groups in total. The van der Waals surface area contributed by atoms with E-state index in [1.807, 2.05) is 12.1 Å². The Morgan fingerprint density at radius 3 is 2.67 bits per heavy atom. The number of nitrogens with zero attached hydrogens (tertiary/aromatic N) is 1. The average molecular weight is 203 g/mol. The van der Waals surface area contributed by atoms with E-state index < -0.39 is 0 Å². The summed E-state index contributed by atoms with van der Waals surface area (Å²) in [6.07, 6.45) is 3.94. The molecule has 15 heavy (non-hydrogen) atoms. The molecule has 0 unspecified atom stereocenters. The van der Waals surface area contributed by atoms with Crippen LogP contribution in [0.3, 0.4) is 0 Å². The van der Waals surface area contributed by atoms with Crippen LogP contribution < -0.4 is 4.74 Å². The second-order valence-electron chi connectivity index (χ2n) is 3.97. The summed E-state index contributed by atoms with van der Waals surface area (Å²) < 4.78 is 4.94. The van der Waals surface area contributed by atoms with Crippen molar-refractivity contribution < 1.29 is 4.74 Å². The van der Waals surface area contributed by atoms with Gasteiger partial charge in [-0.25, -0.2) is 0 Å². The van der Waals surface area contributed by atoms with Gasteiger partial charge in [-0.3, -0.25) is 0 Å². The summed E-state index contributed by atoms with van der Waals surface area (Å²) in [4.78, 5) is 0. The molecule has 2 heteroatoms. The minimum absolute atomic E-state index is 0.380. The number of hydrogen-bond donors (Lipinski definition) is 0. The fourth-order valence-corrected chi connectivity index (χ4v) is 1.64. The van der Waals surface area contributed by atoms with Crippen LogP contribution >= 0.6 is 0 Å². The Morgan fingerprint density at radius 1 is 1.40 bits per heavy atom. The van der Waals surface area contributed by atoms with E-state index in [1.165, 1.54) is 5.56 Å². The molecule has 0 saturated carbocycles. The van der Waals surface area contributed by atoms with Gasteiger partial charge in [0, 0.05) is 0 Å². The highest BCUT2D eigenvalue weighted by atomic mass is 16.5. The van der Waals surface area contributed by atoms with Gasteiger partial charge in [-0.05, 0) is 29.5 Å². The molecule has 0 aliphatic carbocycles. The summed E-state index contributed by atoms with van der Waals surface area (Å²) in [7, 11) is 0. The van der Waals surface area contributed by atoms with E-state index in [0.717, 1.165) is 18.4 Å². The maximum Gasteiger partial charge on any atom is 0.292 e. The van der Waals surface area contributed by atoms with E-state index in [0.29, 0.717) is 11.7 Å². The first-order chi connectivity index (χ1) is 7.19. The van der Waals surface area contributed by atoms with Gasteiger partial charge in [-0.15, -0.1) is 5.26 Å². The van der Waals surface area contributed by atoms with Crippen molar-refractivity contribution in [3.05, 3.63) is 29.3 Å². The average Bonchev–Trinajstić information content (AvgIpc) is 2.21. The molecule has 0 radical (unpaired) electrons. The van der Waals surface area contributed by atoms with Crippen molar-refractivity contribution >= 4 is 0 Å². The lowest BCUT2D eigenvalue weighted by molar-refractivity contribution is 0.496. The highest BCUT2D eigenvalue weighted by Crippen LogP contribution is 2.27. The highest BCUT2D eigenvalue weighted by Gasteiger charge is 2.08. The molecule has 0 saturated heterocycles. The third-order valence-electron chi connectivity index (χ3n) is 2.39. The molecule has 0 spiro atoms. The van der Waals surface area contributed by atoms with Gasteiger partial charge < -0.3 is 4.74 Å². The summed E-state index contributed by atoms with van der Waals surface area (Å²) in [5.74, 6) is 1.07. The van der Waals surface area contributed by atoms with Crippen molar-refractivity contribution in [2.45, 2.75) is 39.5 Å². The summed E-state index contributed by atoms with van der Waals surface area (Å²) in [5, 5.41) is 8.53. The molecule has 1 rings (SSSR count). The van der Waals surface area contributed by atoms with E-state index in [4.69, 9.17) is 10.00 Å². The van der Waals surface area contributed by atoms with Crippen LogP contribution in [-0.4, -0.2) is 0 Å². The molecule has 0 atom stereocenters. The molecule has 0 aromatic heterocycles. The van der Waals surface area contributed by atoms with Gasteiger partial charge in [-0.1, -0.05) is 39.3 Å². The first-order valence-electron chi connectivity index (χ1n) is 5.37. The molecule has 0 aliphatic rings. The number of aryl methyl sites for hydroxylation is 1. The largest absolute Gasteiger partial charge is 0.388 e. The molecule has 2 nitrogen and oxygen atoms in total. The van der Waals surface area contributed by atoms with Crippen molar-refractivity contribution in [3.8, 4) is 12.0 Å². The van der Waals surface area contributed by atoms with Gasteiger partial charge in [0.15, 0.2) is 0 Å². The SMILES string of the molecule is CCCc1ccc(OC#N)c(C(C)C)c1. The van der Waals surface area contributed by atoms with E-state index in [1.54, 1.807) is 6.26 Å². The Bertz CT molecular complexity index is 363. The smallest absolute Gasteiger partial charge is 0.292 e. The zero-order valence-corrected chi connectivity index (χ0v) is 9.58. The molecule has 80 valence electrons. The molecule has 1 aromatic carbocycles. The van der Waals surface area contributed by atoms with Crippen molar-refractivity contribution in [1.82, 2.24) is 0 Å². The first-order valence-corrected chi connectivity index (χ1v) is 5.37. The fourth-order valence-electron chi connectivity index (χ4n) is 1.64. The van der Waals surface area contributed by atoms with Crippen molar-refractivity contribution in [1.29, 1.82) is 5.26 Å². The summed E-state index contributed by atoms with van der Waals surface area (Å²) in [6.45, 7) is 6.37. The highest BCUT2D eigenvalue weighted by molar-refractivity contribution is 5.40. The van der Waals surface area contributed by atoms with Gasteiger partial charge in [0.25, 0.3) is 6.26 Å². The summed E-state index contributed by atoms with van der Waals surface area (Å²) in [5.41, 5.74) is 2.42. The van der Waals surface area contributed by atoms with Crippen LogP contribution in [0.25, 0.3) is 0 Å². The number of nitriles is 1. The van der Waals surface area contributed by atoms with Gasteiger partial charge in [-0.2, -0.15) is 0 Å². The fraction of sp³-hybridized carbons (Fsp3) is 0.462. The Hall–Kier alpha value is -1.49. The topological polar surface area (TPSA) is 33.0 Å². The molecule has 0 amide bonds. The monoisotopic (exact) mass is 203 g/mol.